The molecule has 1 saturated heterocycles. The fraction of sp³-hybridized carbons (Fsp3) is 0.929. The van der Waals surface area contributed by atoms with Crippen LogP contribution in [0.1, 0.15) is 38.5 Å². The van der Waals surface area contributed by atoms with Crippen LogP contribution in [-0.4, -0.2) is 61.9 Å². The maximum absolute atomic E-state index is 11.6. The van der Waals surface area contributed by atoms with Gasteiger partial charge in [0.25, 0.3) is 0 Å². The van der Waals surface area contributed by atoms with Crippen molar-refractivity contribution >= 4 is 5.91 Å². The summed E-state index contributed by atoms with van der Waals surface area (Å²) in [6.07, 6.45) is 7.10. The molecule has 2 N–H and O–H groups in total. The number of nitrogens with zero attached hydrogens (tertiary/aromatic N) is 1. The van der Waals surface area contributed by atoms with Crippen LogP contribution in [0, 0.1) is 0 Å². The summed E-state index contributed by atoms with van der Waals surface area (Å²) in [6.45, 7) is 4.49. The average Bonchev–Trinajstić information content (AvgIpc) is 2.37. The van der Waals surface area contributed by atoms with Gasteiger partial charge in [-0.1, -0.05) is 19.3 Å². The van der Waals surface area contributed by atoms with Crippen LogP contribution in [0.15, 0.2) is 0 Å². The molecule has 0 unspecified atom stereocenters. The highest BCUT2D eigenvalue weighted by atomic mass is 16.5. The molecule has 112 valence electrons. The smallest absolute Gasteiger partial charge is 0.221 e. The Morgan fingerprint density at radius 2 is 1.79 bits per heavy atom. The van der Waals surface area contributed by atoms with Crippen molar-refractivity contribution in [2.24, 2.45) is 0 Å². The lowest BCUT2D eigenvalue weighted by Crippen LogP contribution is -2.34. The minimum absolute atomic E-state index is 0.0307. The Bertz CT molecular complexity index is 229. The SMILES string of the molecule is O=C(CCN1CCCCCCC1)NCCOCCO. The number of carbonyl (C=O) groups excluding carboxylic acids is 1. The van der Waals surface area contributed by atoms with Gasteiger partial charge < -0.3 is 20.1 Å². The van der Waals surface area contributed by atoms with Crippen molar-refractivity contribution < 1.29 is 14.6 Å². The molecular weight excluding hydrogens is 244 g/mol. The number of ether oxygens (including phenoxy) is 1. The van der Waals surface area contributed by atoms with Gasteiger partial charge in [-0.25, -0.2) is 0 Å². The Hall–Kier alpha value is -0.650. The molecule has 1 aliphatic rings. The van der Waals surface area contributed by atoms with Gasteiger partial charge in [0.15, 0.2) is 0 Å². The number of nitrogens with one attached hydrogen (secondary N) is 1. The first-order valence-corrected chi connectivity index (χ1v) is 7.50. The number of rotatable bonds is 8. The number of likely N-dealkylation sites (tertiary alicyclic amines) is 1. The molecule has 5 heteroatoms. The topological polar surface area (TPSA) is 61.8 Å². The third-order valence-electron chi connectivity index (χ3n) is 3.41. The first kappa shape index (κ1) is 16.4. The fourth-order valence-corrected chi connectivity index (χ4v) is 2.31. The van der Waals surface area contributed by atoms with Crippen molar-refractivity contribution in [2.45, 2.75) is 38.5 Å². The molecule has 1 heterocycles. The van der Waals surface area contributed by atoms with Crippen LogP contribution in [0.2, 0.25) is 0 Å². The molecule has 19 heavy (non-hydrogen) atoms. The lowest BCUT2D eigenvalue weighted by molar-refractivity contribution is -0.121. The van der Waals surface area contributed by atoms with Gasteiger partial charge in [-0.2, -0.15) is 0 Å². The molecule has 0 spiro atoms. The number of hydrogen-bond donors (Lipinski definition) is 2. The summed E-state index contributed by atoms with van der Waals surface area (Å²) in [4.78, 5) is 14.0. The highest BCUT2D eigenvalue weighted by Crippen LogP contribution is 2.10. The van der Waals surface area contributed by atoms with E-state index in [0.717, 1.165) is 19.6 Å². The lowest BCUT2D eigenvalue weighted by atomic mass is 10.1. The quantitative estimate of drug-likeness (QED) is 0.641. The molecule has 0 aromatic carbocycles. The summed E-state index contributed by atoms with van der Waals surface area (Å²) < 4.78 is 5.08. The van der Waals surface area contributed by atoms with Crippen LogP contribution < -0.4 is 5.32 Å². The van der Waals surface area contributed by atoms with Crippen molar-refractivity contribution in [3.8, 4) is 0 Å². The predicted molar refractivity (Wildman–Crippen MR) is 75.1 cm³/mol. The van der Waals surface area contributed by atoms with Crippen LogP contribution in [-0.2, 0) is 9.53 Å². The molecular formula is C14H28N2O3. The van der Waals surface area contributed by atoms with E-state index in [4.69, 9.17) is 9.84 Å². The highest BCUT2D eigenvalue weighted by Gasteiger charge is 2.09. The zero-order valence-electron chi connectivity index (χ0n) is 11.9. The predicted octanol–water partition coefficient (Wildman–Crippen LogP) is 0.768. The molecule has 0 aliphatic carbocycles. The Kier molecular flexibility index (Phi) is 9.67. The molecule has 1 rings (SSSR count). The summed E-state index contributed by atoms with van der Waals surface area (Å²) in [6, 6.07) is 0. The van der Waals surface area contributed by atoms with Crippen molar-refractivity contribution in [2.75, 3.05) is 46.0 Å². The van der Waals surface area contributed by atoms with E-state index in [0.29, 0.717) is 26.2 Å². The standard InChI is InChI=1S/C14H28N2O3/c17-11-13-19-12-7-15-14(18)6-10-16-8-4-2-1-3-5-9-16/h17H,1-13H2,(H,15,18). The van der Waals surface area contributed by atoms with Gasteiger partial charge in [0.05, 0.1) is 19.8 Å². The normalized spacial score (nSPS) is 17.7. The maximum atomic E-state index is 11.6. The minimum atomic E-state index is 0.0307. The summed E-state index contributed by atoms with van der Waals surface area (Å²) in [5.74, 6) is 0.0923. The first-order valence-electron chi connectivity index (χ1n) is 7.50. The van der Waals surface area contributed by atoms with Crippen molar-refractivity contribution in [1.29, 1.82) is 0 Å². The molecule has 1 amide bonds. The summed E-state index contributed by atoms with van der Waals surface area (Å²) >= 11 is 0. The van der Waals surface area contributed by atoms with Gasteiger partial charge in [-0.15, -0.1) is 0 Å². The summed E-state index contributed by atoms with van der Waals surface area (Å²) in [5.41, 5.74) is 0. The second-order valence-corrected chi connectivity index (χ2v) is 5.05. The summed E-state index contributed by atoms with van der Waals surface area (Å²) in [7, 11) is 0. The van der Waals surface area contributed by atoms with Crippen molar-refractivity contribution in [3.05, 3.63) is 0 Å². The van der Waals surface area contributed by atoms with Crippen molar-refractivity contribution in [1.82, 2.24) is 10.2 Å². The van der Waals surface area contributed by atoms with E-state index < -0.39 is 0 Å². The van der Waals surface area contributed by atoms with E-state index in [1.54, 1.807) is 0 Å². The monoisotopic (exact) mass is 272 g/mol. The Morgan fingerprint density at radius 1 is 1.11 bits per heavy atom. The number of carbonyl (C=O) groups is 1. The van der Waals surface area contributed by atoms with Gasteiger partial charge >= 0.3 is 0 Å². The molecule has 0 aromatic rings. The second-order valence-electron chi connectivity index (χ2n) is 5.05. The molecule has 0 saturated carbocycles. The van der Waals surface area contributed by atoms with E-state index in [1.807, 2.05) is 0 Å². The molecule has 0 atom stereocenters. The first-order chi connectivity index (χ1) is 9.33. The van der Waals surface area contributed by atoms with Crippen LogP contribution in [0.25, 0.3) is 0 Å². The number of aliphatic hydroxyl groups excluding tert-OH is 1. The zero-order valence-corrected chi connectivity index (χ0v) is 11.9. The van der Waals surface area contributed by atoms with Crippen LogP contribution >= 0.6 is 0 Å². The molecule has 0 aromatic heterocycles. The van der Waals surface area contributed by atoms with Gasteiger partial charge in [0.1, 0.15) is 0 Å². The molecule has 0 bridgehead atoms. The van der Waals surface area contributed by atoms with Crippen molar-refractivity contribution in [3.63, 3.8) is 0 Å². The number of amides is 1. The molecule has 5 nitrogen and oxygen atoms in total. The Labute approximate surface area is 116 Å². The third kappa shape index (κ3) is 8.97. The maximum Gasteiger partial charge on any atom is 0.221 e. The second kappa shape index (κ2) is 11.2. The average molecular weight is 272 g/mol. The van der Waals surface area contributed by atoms with Crippen LogP contribution in [0.4, 0.5) is 0 Å². The zero-order chi connectivity index (χ0) is 13.8. The van der Waals surface area contributed by atoms with Crippen LogP contribution in [0.5, 0.6) is 0 Å². The minimum Gasteiger partial charge on any atom is -0.394 e. The van der Waals surface area contributed by atoms with Gasteiger partial charge in [-0.05, 0) is 25.9 Å². The van der Waals surface area contributed by atoms with Gasteiger partial charge in [-0.3, -0.25) is 4.79 Å². The largest absolute Gasteiger partial charge is 0.394 e. The van der Waals surface area contributed by atoms with E-state index in [2.05, 4.69) is 10.2 Å². The van der Waals surface area contributed by atoms with E-state index >= 15 is 0 Å². The van der Waals surface area contributed by atoms with E-state index in [1.165, 1.54) is 32.1 Å². The number of hydrogen-bond acceptors (Lipinski definition) is 4. The lowest BCUT2D eigenvalue weighted by Gasteiger charge is -2.24. The van der Waals surface area contributed by atoms with Gasteiger partial charge in [0.2, 0.25) is 5.91 Å². The Morgan fingerprint density at radius 3 is 2.47 bits per heavy atom. The fourth-order valence-electron chi connectivity index (χ4n) is 2.31. The van der Waals surface area contributed by atoms with Gasteiger partial charge in [0, 0.05) is 19.5 Å². The molecule has 1 aliphatic heterocycles. The number of aliphatic hydroxyl groups is 1. The van der Waals surface area contributed by atoms with E-state index in [9.17, 15) is 4.79 Å². The summed E-state index contributed by atoms with van der Waals surface area (Å²) in [5, 5.41) is 11.4. The third-order valence-corrected chi connectivity index (χ3v) is 3.41. The van der Waals surface area contributed by atoms with Crippen LogP contribution in [0.3, 0.4) is 0 Å². The highest BCUT2D eigenvalue weighted by molar-refractivity contribution is 5.76. The molecule has 0 radical (unpaired) electrons. The Balaban J connectivity index is 2.01. The molecule has 1 fully saturated rings. The van der Waals surface area contributed by atoms with E-state index in [-0.39, 0.29) is 12.5 Å².